The summed E-state index contributed by atoms with van der Waals surface area (Å²) < 4.78 is 16.7. The second-order valence-corrected chi connectivity index (χ2v) is 10.0. The highest BCUT2D eigenvalue weighted by molar-refractivity contribution is 6.00. The van der Waals surface area contributed by atoms with Gasteiger partial charge >= 0.3 is 5.97 Å². The Balaban J connectivity index is 1.57. The first-order valence-corrected chi connectivity index (χ1v) is 12.8. The SMILES string of the molecule is CC1=CC2OC2C(=O)Cc2nc(co2)C(=O)N2CCC=C2C(=O)OC(C(C)C)C(C)C=CC(=O)NCC=C1. The van der Waals surface area contributed by atoms with E-state index in [1.807, 2.05) is 39.8 Å². The Morgan fingerprint density at radius 1 is 1.16 bits per heavy atom. The molecular formula is C28H33N3O7. The lowest BCUT2D eigenvalue weighted by Crippen LogP contribution is -2.36. The van der Waals surface area contributed by atoms with Crippen molar-refractivity contribution in [2.24, 2.45) is 11.8 Å². The molecule has 3 aliphatic heterocycles. The topological polar surface area (TPSA) is 131 Å². The summed E-state index contributed by atoms with van der Waals surface area (Å²) in [5, 5.41) is 2.78. The summed E-state index contributed by atoms with van der Waals surface area (Å²) in [6, 6.07) is 0. The third kappa shape index (κ3) is 6.55. The molecule has 0 saturated carbocycles. The number of allylic oxidation sites excluding steroid dienone is 2. The first-order valence-electron chi connectivity index (χ1n) is 12.8. The summed E-state index contributed by atoms with van der Waals surface area (Å²) in [6.45, 7) is 8.22. The van der Waals surface area contributed by atoms with Crippen LogP contribution in [0, 0.1) is 11.8 Å². The van der Waals surface area contributed by atoms with Gasteiger partial charge in [0, 0.05) is 19.0 Å². The van der Waals surface area contributed by atoms with Crippen molar-refractivity contribution >= 4 is 23.6 Å². The number of rotatable bonds is 1. The number of nitrogens with one attached hydrogen (secondary N) is 1. The number of epoxide rings is 1. The quantitative estimate of drug-likeness (QED) is 0.439. The zero-order valence-corrected chi connectivity index (χ0v) is 22.0. The number of aromatic nitrogens is 1. The molecule has 4 heterocycles. The van der Waals surface area contributed by atoms with Crippen molar-refractivity contribution in [3.05, 3.63) is 65.6 Å². The predicted molar refractivity (Wildman–Crippen MR) is 137 cm³/mol. The number of hydrogen-bond acceptors (Lipinski definition) is 8. The second-order valence-electron chi connectivity index (χ2n) is 10.0. The summed E-state index contributed by atoms with van der Waals surface area (Å²) >= 11 is 0. The molecule has 0 aliphatic carbocycles. The molecule has 1 aromatic heterocycles. The van der Waals surface area contributed by atoms with Gasteiger partial charge in [0.25, 0.3) is 5.91 Å². The van der Waals surface area contributed by atoms with Crippen molar-refractivity contribution in [1.29, 1.82) is 0 Å². The van der Waals surface area contributed by atoms with E-state index in [4.69, 9.17) is 13.9 Å². The number of ketones is 1. The van der Waals surface area contributed by atoms with Gasteiger partial charge in [-0.25, -0.2) is 9.78 Å². The van der Waals surface area contributed by atoms with Crippen LogP contribution in [0.1, 0.15) is 50.5 Å². The lowest BCUT2D eigenvalue weighted by molar-refractivity contribution is -0.149. The average molecular weight is 524 g/mol. The maximum absolute atomic E-state index is 13.2. The standard InChI is InChI=1S/C28H33N3O7/c1-16(2)25-18(4)9-10-23(33)29-11-5-7-17(3)13-22-26(37-22)21(32)14-24-30-19(15-36-24)27(34)31-12-6-8-20(31)28(35)38-25/h5,7-10,13,15-16,18,22,25-26H,6,11-12,14H2,1-4H3,(H,29,33). The van der Waals surface area contributed by atoms with Crippen molar-refractivity contribution in [3.63, 3.8) is 0 Å². The fourth-order valence-electron chi connectivity index (χ4n) is 4.51. The number of oxazole rings is 1. The summed E-state index contributed by atoms with van der Waals surface area (Å²) in [4.78, 5) is 56.7. The van der Waals surface area contributed by atoms with E-state index in [1.54, 1.807) is 18.2 Å². The van der Waals surface area contributed by atoms with Gasteiger partial charge in [0.05, 0.1) is 6.42 Å². The van der Waals surface area contributed by atoms with E-state index in [2.05, 4.69) is 10.3 Å². The first-order chi connectivity index (χ1) is 18.1. The third-order valence-corrected chi connectivity index (χ3v) is 6.55. The van der Waals surface area contributed by atoms with Gasteiger partial charge in [-0.3, -0.25) is 14.4 Å². The minimum atomic E-state index is -0.624. The van der Waals surface area contributed by atoms with E-state index < -0.39 is 24.1 Å². The number of ether oxygens (including phenoxy) is 2. The van der Waals surface area contributed by atoms with Crippen LogP contribution in [0.15, 0.2) is 58.4 Å². The molecule has 202 valence electrons. The van der Waals surface area contributed by atoms with Gasteiger partial charge in [0.15, 0.2) is 11.5 Å². The Bertz CT molecular complexity index is 1220. The van der Waals surface area contributed by atoms with Gasteiger partial charge < -0.3 is 24.1 Å². The minimum Gasteiger partial charge on any atom is -0.457 e. The molecule has 1 saturated heterocycles. The van der Waals surface area contributed by atoms with E-state index in [1.165, 1.54) is 17.2 Å². The van der Waals surface area contributed by atoms with Crippen LogP contribution in [-0.2, 0) is 30.3 Å². The maximum atomic E-state index is 13.2. The number of nitrogens with zero attached hydrogens (tertiary/aromatic N) is 2. The second kappa shape index (κ2) is 11.7. The highest BCUT2D eigenvalue weighted by Gasteiger charge is 2.43. The van der Waals surface area contributed by atoms with E-state index >= 15 is 0 Å². The molecular weight excluding hydrogens is 490 g/mol. The molecule has 4 rings (SSSR count). The number of esters is 1. The zero-order chi connectivity index (χ0) is 27.4. The van der Waals surface area contributed by atoms with Crippen LogP contribution in [0.3, 0.4) is 0 Å². The lowest BCUT2D eigenvalue weighted by Gasteiger charge is -2.27. The number of amides is 2. The Morgan fingerprint density at radius 2 is 1.95 bits per heavy atom. The number of carbonyl (C=O) groups excluding carboxylic acids is 4. The van der Waals surface area contributed by atoms with Crippen molar-refractivity contribution < 1.29 is 33.1 Å². The Kier molecular flexibility index (Phi) is 8.41. The largest absolute Gasteiger partial charge is 0.457 e. The molecule has 1 fully saturated rings. The van der Waals surface area contributed by atoms with Crippen LogP contribution >= 0.6 is 0 Å². The smallest absolute Gasteiger partial charge is 0.355 e. The third-order valence-electron chi connectivity index (χ3n) is 6.55. The first kappa shape index (κ1) is 27.3. The number of carbonyl (C=O) groups is 4. The van der Waals surface area contributed by atoms with Gasteiger partial charge in [-0.2, -0.15) is 0 Å². The molecule has 3 aliphatic rings. The van der Waals surface area contributed by atoms with Gasteiger partial charge in [-0.15, -0.1) is 0 Å². The van der Waals surface area contributed by atoms with Crippen molar-refractivity contribution in [1.82, 2.24) is 15.2 Å². The number of Topliss-reactive ketones (excluding diaryl/α,β-unsaturated/α-hetero) is 1. The molecule has 0 radical (unpaired) electrons. The molecule has 1 aromatic rings. The van der Waals surface area contributed by atoms with Crippen molar-refractivity contribution in [3.8, 4) is 0 Å². The Hall–Kier alpha value is -3.79. The summed E-state index contributed by atoms with van der Waals surface area (Å²) in [5.41, 5.74) is 1.03. The van der Waals surface area contributed by atoms with Gasteiger partial charge in [0.1, 0.15) is 30.3 Å². The molecule has 0 aromatic carbocycles. The predicted octanol–water partition coefficient (Wildman–Crippen LogP) is 2.68. The van der Waals surface area contributed by atoms with E-state index in [0.29, 0.717) is 19.5 Å². The molecule has 4 unspecified atom stereocenters. The van der Waals surface area contributed by atoms with Gasteiger partial charge in [-0.1, -0.05) is 50.6 Å². The van der Waals surface area contributed by atoms with Crippen LogP contribution in [0.4, 0.5) is 0 Å². The van der Waals surface area contributed by atoms with Crippen LogP contribution in [0.5, 0.6) is 0 Å². The molecule has 38 heavy (non-hydrogen) atoms. The number of fused-ring (bicyclic) bond motifs is 4. The van der Waals surface area contributed by atoms with E-state index in [0.717, 1.165) is 5.57 Å². The molecule has 0 spiro atoms. The fourth-order valence-corrected chi connectivity index (χ4v) is 4.51. The Morgan fingerprint density at radius 3 is 2.71 bits per heavy atom. The zero-order valence-electron chi connectivity index (χ0n) is 22.0. The minimum absolute atomic E-state index is 0.00339. The lowest BCUT2D eigenvalue weighted by atomic mass is 9.94. The number of cyclic esters (lactones) is 1. The Labute approximate surface area is 221 Å². The molecule has 10 nitrogen and oxygen atoms in total. The van der Waals surface area contributed by atoms with E-state index in [-0.39, 0.29) is 53.3 Å². The monoisotopic (exact) mass is 523 g/mol. The van der Waals surface area contributed by atoms with Crippen molar-refractivity contribution in [2.45, 2.75) is 58.8 Å². The molecule has 4 atom stereocenters. The van der Waals surface area contributed by atoms with Crippen LogP contribution < -0.4 is 5.32 Å². The van der Waals surface area contributed by atoms with Crippen LogP contribution in [-0.4, -0.2) is 64.9 Å². The van der Waals surface area contributed by atoms with Crippen molar-refractivity contribution in [2.75, 3.05) is 13.1 Å². The fraction of sp³-hybridized carbons (Fsp3) is 0.464. The summed E-state index contributed by atoms with van der Waals surface area (Å²) in [7, 11) is 0. The van der Waals surface area contributed by atoms with Crippen LogP contribution in [0.25, 0.3) is 0 Å². The molecule has 2 amide bonds. The summed E-state index contributed by atoms with van der Waals surface area (Å²) in [5.74, 6) is -1.79. The highest BCUT2D eigenvalue weighted by atomic mass is 16.6. The van der Waals surface area contributed by atoms with E-state index in [9.17, 15) is 19.2 Å². The van der Waals surface area contributed by atoms with Gasteiger partial charge in [0.2, 0.25) is 11.8 Å². The average Bonchev–Trinajstić information content (AvgIpc) is 3.25. The highest BCUT2D eigenvalue weighted by Crippen LogP contribution is 2.28. The number of hydrogen-bond donors (Lipinski definition) is 1. The molecule has 2 bridgehead atoms. The van der Waals surface area contributed by atoms with Crippen LogP contribution in [0.2, 0.25) is 0 Å². The van der Waals surface area contributed by atoms with Gasteiger partial charge in [-0.05, 0) is 31.4 Å². The summed E-state index contributed by atoms with van der Waals surface area (Å²) in [6.07, 6.45) is 10.4. The molecule has 10 heteroatoms. The molecule has 1 N–H and O–H groups in total. The maximum Gasteiger partial charge on any atom is 0.355 e. The normalized spacial score (nSPS) is 27.3.